The van der Waals surface area contributed by atoms with Gasteiger partial charge in [-0.1, -0.05) is 64.7 Å². The normalized spacial score (nSPS) is 10.7. The third-order valence-electron chi connectivity index (χ3n) is 3.46. The highest BCUT2D eigenvalue weighted by Gasteiger charge is 2.00. The summed E-state index contributed by atoms with van der Waals surface area (Å²) >= 11 is 0. The van der Waals surface area contributed by atoms with Gasteiger partial charge in [-0.25, -0.2) is 4.57 Å². The summed E-state index contributed by atoms with van der Waals surface area (Å²) in [7, 11) is -4.64. The molecule has 0 heterocycles. The second-order valence-corrected chi connectivity index (χ2v) is 7.26. The van der Waals surface area contributed by atoms with Crippen molar-refractivity contribution in [1.29, 1.82) is 0 Å². The van der Waals surface area contributed by atoms with E-state index in [4.69, 9.17) is 39.3 Å². The Balaban J connectivity index is -0.000000427. The summed E-state index contributed by atoms with van der Waals surface area (Å²) in [6, 6.07) is 0. The van der Waals surface area contributed by atoms with Crippen LogP contribution in [-0.4, -0.2) is 76.1 Å². The molecule has 7 N–H and O–H groups in total. The van der Waals surface area contributed by atoms with Gasteiger partial charge < -0.3 is 40.1 Å². The number of hydrogen-bond acceptors (Lipinski definition) is 6. The Labute approximate surface area is 170 Å². The first kappa shape index (κ1) is 32.6. The van der Waals surface area contributed by atoms with Crippen LogP contribution in [0.15, 0.2) is 0 Å². The number of aliphatic hydroxyl groups is 3. The van der Waals surface area contributed by atoms with Gasteiger partial charge in [-0.3, -0.25) is 0 Å². The van der Waals surface area contributed by atoms with Crippen LogP contribution in [0.3, 0.4) is 0 Å². The molecule has 0 radical (unpaired) electrons. The highest BCUT2D eigenvalue weighted by Crippen LogP contribution is 2.25. The van der Waals surface area contributed by atoms with Crippen molar-refractivity contribution in [3.8, 4) is 0 Å². The standard InChI is InChI=1S/C14H30O2.C4H11NO2.H3O4P/c1-2-3-4-5-6-7-8-9-10-11-13-16-14-12-15;6-3-1-5-2-4-7;1-5(2,3)4/h15H,2-14H2,1H3;5-7H,1-4H2;(H3,1,2,3,4). The van der Waals surface area contributed by atoms with E-state index < -0.39 is 7.82 Å². The molecule has 0 aliphatic rings. The molecule has 0 fully saturated rings. The minimum atomic E-state index is -4.64. The lowest BCUT2D eigenvalue weighted by Gasteiger charge is -2.03. The van der Waals surface area contributed by atoms with Crippen LogP contribution in [-0.2, 0) is 9.30 Å². The van der Waals surface area contributed by atoms with E-state index >= 15 is 0 Å². The van der Waals surface area contributed by atoms with Crippen LogP contribution in [0.25, 0.3) is 0 Å². The minimum absolute atomic E-state index is 0.139. The van der Waals surface area contributed by atoms with Crippen LogP contribution in [0.2, 0.25) is 0 Å². The molecule has 0 unspecified atom stereocenters. The van der Waals surface area contributed by atoms with Crippen molar-refractivity contribution in [2.75, 3.05) is 46.1 Å². The summed E-state index contributed by atoms with van der Waals surface area (Å²) in [6.07, 6.45) is 13.6. The fourth-order valence-electron chi connectivity index (χ4n) is 2.14. The fourth-order valence-corrected chi connectivity index (χ4v) is 2.14. The molecule has 10 heteroatoms. The summed E-state index contributed by atoms with van der Waals surface area (Å²) in [5, 5.41) is 27.6. The number of nitrogens with one attached hydrogen (secondary N) is 1. The Hall–Kier alpha value is -0.0900. The van der Waals surface area contributed by atoms with Crippen LogP contribution in [0.4, 0.5) is 0 Å². The highest BCUT2D eigenvalue weighted by atomic mass is 31.2. The molecule has 0 bridgehead atoms. The van der Waals surface area contributed by atoms with Crippen molar-refractivity contribution >= 4 is 7.82 Å². The van der Waals surface area contributed by atoms with Crippen molar-refractivity contribution in [2.24, 2.45) is 0 Å². The zero-order valence-electron chi connectivity index (χ0n) is 17.5. The van der Waals surface area contributed by atoms with E-state index in [1.165, 1.54) is 57.8 Å². The Morgan fingerprint density at radius 2 is 1.07 bits per heavy atom. The molecular formula is C18H44NO8P. The fraction of sp³-hybridized carbons (Fsp3) is 1.00. The zero-order chi connectivity index (χ0) is 21.9. The van der Waals surface area contributed by atoms with Crippen molar-refractivity contribution in [2.45, 2.75) is 71.1 Å². The number of ether oxygens (including phenoxy) is 1. The molecule has 0 atom stereocenters. The number of hydrogen-bond donors (Lipinski definition) is 7. The second kappa shape index (κ2) is 29.1. The van der Waals surface area contributed by atoms with Crippen LogP contribution in [0.5, 0.6) is 0 Å². The minimum Gasteiger partial charge on any atom is -0.395 e. The van der Waals surface area contributed by atoms with Gasteiger partial charge in [0.1, 0.15) is 0 Å². The predicted molar refractivity (Wildman–Crippen MR) is 111 cm³/mol. The monoisotopic (exact) mass is 433 g/mol. The van der Waals surface area contributed by atoms with Crippen molar-refractivity contribution < 1.29 is 39.3 Å². The molecule has 0 aliphatic carbocycles. The van der Waals surface area contributed by atoms with Gasteiger partial charge in [0, 0.05) is 19.7 Å². The Kier molecular flexibility index (Phi) is 33.9. The molecule has 0 spiro atoms. The molecule has 0 saturated carbocycles. The first-order valence-corrected chi connectivity index (χ1v) is 11.8. The smallest absolute Gasteiger partial charge is 0.395 e. The third-order valence-corrected chi connectivity index (χ3v) is 3.46. The highest BCUT2D eigenvalue weighted by molar-refractivity contribution is 7.45. The summed E-state index contributed by atoms with van der Waals surface area (Å²) < 4.78 is 14.1. The largest absolute Gasteiger partial charge is 0.466 e. The van der Waals surface area contributed by atoms with E-state index in [-0.39, 0.29) is 19.8 Å². The van der Waals surface area contributed by atoms with Gasteiger partial charge in [0.2, 0.25) is 0 Å². The predicted octanol–water partition coefficient (Wildman–Crippen LogP) is 1.55. The molecule has 0 rings (SSSR count). The van der Waals surface area contributed by atoms with Crippen molar-refractivity contribution in [3.05, 3.63) is 0 Å². The Morgan fingerprint density at radius 1 is 0.679 bits per heavy atom. The van der Waals surface area contributed by atoms with Crippen molar-refractivity contribution in [3.63, 3.8) is 0 Å². The van der Waals surface area contributed by atoms with Gasteiger partial charge in [-0.2, -0.15) is 0 Å². The van der Waals surface area contributed by atoms with E-state index in [1.54, 1.807) is 0 Å². The van der Waals surface area contributed by atoms with E-state index in [0.29, 0.717) is 19.7 Å². The van der Waals surface area contributed by atoms with Crippen LogP contribution < -0.4 is 5.32 Å². The molecular weight excluding hydrogens is 389 g/mol. The Morgan fingerprint density at radius 3 is 1.43 bits per heavy atom. The first-order valence-electron chi connectivity index (χ1n) is 10.2. The number of rotatable bonds is 17. The molecule has 0 aromatic carbocycles. The van der Waals surface area contributed by atoms with Gasteiger partial charge in [0.15, 0.2) is 0 Å². The lowest BCUT2D eigenvalue weighted by Crippen LogP contribution is -2.21. The topological polar surface area (TPSA) is 160 Å². The molecule has 0 aromatic heterocycles. The van der Waals surface area contributed by atoms with Crippen molar-refractivity contribution in [1.82, 2.24) is 5.32 Å². The van der Waals surface area contributed by atoms with Gasteiger partial charge in [-0.05, 0) is 6.42 Å². The first-order chi connectivity index (χ1) is 13.3. The van der Waals surface area contributed by atoms with Crippen LogP contribution >= 0.6 is 7.82 Å². The van der Waals surface area contributed by atoms with Gasteiger partial charge in [-0.15, -0.1) is 0 Å². The number of aliphatic hydroxyl groups excluding tert-OH is 3. The molecule has 0 aromatic rings. The van der Waals surface area contributed by atoms with Gasteiger partial charge >= 0.3 is 7.82 Å². The summed E-state index contributed by atoms with van der Waals surface area (Å²) in [5.74, 6) is 0. The lowest BCUT2D eigenvalue weighted by atomic mass is 10.1. The molecule has 0 aliphatic heterocycles. The maximum absolute atomic E-state index is 8.88. The Bertz CT molecular complexity index is 279. The zero-order valence-corrected chi connectivity index (χ0v) is 18.4. The average Bonchev–Trinajstić information content (AvgIpc) is 2.62. The number of unbranched alkanes of at least 4 members (excludes halogenated alkanes) is 9. The SMILES string of the molecule is CCCCCCCCCCCCOCCO.O=P(O)(O)O.OCCNCCO. The second-order valence-electron chi connectivity index (χ2n) is 6.23. The summed E-state index contributed by atoms with van der Waals surface area (Å²) in [5.41, 5.74) is 0. The maximum Gasteiger partial charge on any atom is 0.466 e. The van der Waals surface area contributed by atoms with E-state index in [2.05, 4.69) is 12.2 Å². The molecule has 28 heavy (non-hydrogen) atoms. The number of phosphoric acid groups is 1. The molecule has 174 valence electrons. The quantitative estimate of drug-likeness (QED) is 0.133. The maximum atomic E-state index is 8.88. The summed E-state index contributed by atoms with van der Waals surface area (Å²) in [4.78, 5) is 21.6. The summed E-state index contributed by atoms with van der Waals surface area (Å²) in [6.45, 7) is 5.15. The van der Waals surface area contributed by atoms with Crippen LogP contribution in [0.1, 0.15) is 71.1 Å². The molecule has 0 amide bonds. The molecule has 0 saturated heterocycles. The van der Waals surface area contributed by atoms with Crippen LogP contribution in [0, 0.1) is 0 Å². The average molecular weight is 434 g/mol. The van der Waals surface area contributed by atoms with Gasteiger partial charge in [0.05, 0.1) is 26.4 Å². The van der Waals surface area contributed by atoms with E-state index in [9.17, 15) is 0 Å². The van der Waals surface area contributed by atoms with E-state index in [0.717, 1.165) is 13.0 Å². The lowest BCUT2D eigenvalue weighted by molar-refractivity contribution is 0.0895. The van der Waals surface area contributed by atoms with E-state index in [1.807, 2.05) is 0 Å². The molecule has 9 nitrogen and oxygen atoms in total. The third kappa shape index (κ3) is 56.2. The van der Waals surface area contributed by atoms with Gasteiger partial charge in [0.25, 0.3) is 0 Å².